The van der Waals surface area contributed by atoms with Gasteiger partial charge in [0.25, 0.3) is 5.91 Å². The van der Waals surface area contributed by atoms with Crippen LogP contribution in [-0.4, -0.2) is 28.1 Å². The third-order valence-electron chi connectivity index (χ3n) is 4.43. The smallest absolute Gasteiger partial charge is 0.337 e. The van der Waals surface area contributed by atoms with E-state index >= 15 is 0 Å². The number of anilines is 2. The van der Waals surface area contributed by atoms with E-state index in [2.05, 4.69) is 10.6 Å². The number of rotatable bonds is 7. The van der Waals surface area contributed by atoms with Crippen LogP contribution in [-0.2, 0) is 4.79 Å². The van der Waals surface area contributed by atoms with Crippen LogP contribution in [0.2, 0.25) is 15.1 Å². The quantitative estimate of drug-likeness (QED) is 0.299. The Morgan fingerprint density at radius 1 is 0.818 bits per heavy atom. The number of hydrogen-bond acceptors (Lipinski definition) is 4. The van der Waals surface area contributed by atoms with E-state index in [0.717, 1.165) is 4.90 Å². The van der Waals surface area contributed by atoms with Gasteiger partial charge < -0.3 is 15.7 Å². The van der Waals surface area contributed by atoms with Crippen molar-refractivity contribution in [2.24, 2.45) is 0 Å². The third-order valence-corrected chi connectivity index (χ3v) is 6.42. The first kappa shape index (κ1) is 24.9. The topological polar surface area (TPSA) is 95.5 Å². The number of halogens is 3. The number of carboxylic acids is 1. The van der Waals surface area contributed by atoms with Gasteiger partial charge in [-0.15, -0.1) is 11.8 Å². The van der Waals surface area contributed by atoms with Crippen molar-refractivity contribution in [1.29, 1.82) is 0 Å². The number of amides is 2. The number of benzene rings is 3. The van der Waals surface area contributed by atoms with Gasteiger partial charge in [-0.1, -0.05) is 34.8 Å². The fourth-order valence-corrected chi connectivity index (χ4v) is 4.32. The lowest BCUT2D eigenvalue weighted by Crippen LogP contribution is -2.22. The van der Waals surface area contributed by atoms with E-state index in [4.69, 9.17) is 39.9 Å². The van der Waals surface area contributed by atoms with Gasteiger partial charge in [0.2, 0.25) is 5.91 Å². The van der Waals surface area contributed by atoms with Crippen molar-refractivity contribution in [3.8, 4) is 0 Å². The predicted molar refractivity (Wildman–Crippen MR) is 133 cm³/mol. The summed E-state index contributed by atoms with van der Waals surface area (Å²) in [6.07, 6.45) is 0. The van der Waals surface area contributed by atoms with Crippen LogP contribution in [0.25, 0.3) is 0 Å². The fraction of sp³-hybridized carbons (Fsp3) is 0.0870. The normalized spacial score (nSPS) is 11.5. The Morgan fingerprint density at radius 2 is 1.48 bits per heavy atom. The highest BCUT2D eigenvalue weighted by atomic mass is 35.5. The van der Waals surface area contributed by atoms with Gasteiger partial charge in [0.05, 0.1) is 26.4 Å². The van der Waals surface area contributed by atoms with Crippen molar-refractivity contribution in [2.75, 3.05) is 10.6 Å². The molecule has 3 rings (SSSR count). The van der Waals surface area contributed by atoms with Gasteiger partial charge in [-0.05, 0) is 67.6 Å². The molecule has 2 amide bonds. The molecule has 1 atom stereocenters. The van der Waals surface area contributed by atoms with Gasteiger partial charge in [0.1, 0.15) is 0 Å². The highest BCUT2D eigenvalue weighted by Gasteiger charge is 2.17. The minimum Gasteiger partial charge on any atom is -0.478 e. The van der Waals surface area contributed by atoms with Crippen molar-refractivity contribution in [1.82, 2.24) is 0 Å². The molecule has 0 saturated heterocycles. The summed E-state index contributed by atoms with van der Waals surface area (Å²) in [5.74, 6) is -1.84. The summed E-state index contributed by atoms with van der Waals surface area (Å²) in [5.41, 5.74) is 1.12. The van der Waals surface area contributed by atoms with Crippen LogP contribution in [0.1, 0.15) is 27.6 Å². The molecule has 170 valence electrons. The summed E-state index contributed by atoms with van der Waals surface area (Å²) in [6.45, 7) is 1.73. The van der Waals surface area contributed by atoms with Crippen molar-refractivity contribution in [2.45, 2.75) is 17.1 Å². The molecule has 0 aliphatic heterocycles. The first-order valence-electron chi connectivity index (χ1n) is 9.51. The van der Waals surface area contributed by atoms with Gasteiger partial charge >= 0.3 is 5.97 Å². The van der Waals surface area contributed by atoms with Crippen LogP contribution < -0.4 is 10.6 Å². The second-order valence-corrected chi connectivity index (χ2v) is 9.52. The van der Waals surface area contributed by atoms with Crippen LogP contribution in [0.3, 0.4) is 0 Å². The summed E-state index contributed by atoms with van der Waals surface area (Å²) in [5, 5.41) is 14.9. The lowest BCUT2D eigenvalue weighted by Gasteiger charge is -2.13. The number of aromatic carboxylic acids is 1. The van der Waals surface area contributed by atoms with Crippen LogP contribution in [0, 0.1) is 0 Å². The highest BCUT2D eigenvalue weighted by Crippen LogP contribution is 2.27. The Bertz CT molecular complexity index is 1220. The summed E-state index contributed by atoms with van der Waals surface area (Å²) < 4.78 is 0. The minimum atomic E-state index is -1.18. The van der Waals surface area contributed by atoms with E-state index in [-0.39, 0.29) is 27.4 Å². The number of hydrogen-bond donors (Lipinski definition) is 3. The molecule has 0 heterocycles. The summed E-state index contributed by atoms with van der Waals surface area (Å²) in [7, 11) is 0. The van der Waals surface area contributed by atoms with Gasteiger partial charge in [-0.2, -0.15) is 0 Å². The maximum absolute atomic E-state index is 12.5. The molecule has 3 aromatic rings. The molecule has 6 nitrogen and oxygen atoms in total. The van der Waals surface area contributed by atoms with Gasteiger partial charge in [-0.3, -0.25) is 9.59 Å². The molecule has 0 bridgehead atoms. The molecule has 0 spiro atoms. The second kappa shape index (κ2) is 10.9. The first-order valence-corrected chi connectivity index (χ1v) is 11.5. The lowest BCUT2D eigenvalue weighted by molar-refractivity contribution is -0.115. The molecule has 0 saturated carbocycles. The molecule has 0 aromatic heterocycles. The van der Waals surface area contributed by atoms with E-state index in [0.29, 0.717) is 22.0 Å². The maximum atomic E-state index is 12.5. The SMILES string of the molecule is CC(Sc1ccc(NC(=O)c2ccc(Cl)cc2Cl)cc1)C(=O)Nc1ccc(Cl)c(C(=O)O)c1. The Morgan fingerprint density at radius 3 is 2.12 bits per heavy atom. The molecule has 1 unspecified atom stereocenters. The highest BCUT2D eigenvalue weighted by molar-refractivity contribution is 8.00. The number of nitrogens with one attached hydrogen (secondary N) is 2. The zero-order valence-electron chi connectivity index (χ0n) is 17.1. The van der Waals surface area contributed by atoms with Crippen LogP contribution >= 0.6 is 46.6 Å². The number of thioether (sulfide) groups is 1. The van der Waals surface area contributed by atoms with E-state index < -0.39 is 11.2 Å². The predicted octanol–water partition coefficient (Wildman–Crippen LogP) is 6.72. The molecule has 0 aliphatic rings. The van der Waals surface area contributed by atoms with Crippen molar-refractivity contribution >= 4 is 75.7 Å². The van der Waals surface area contributed by atoms with Crippen molar-refractivity contribution in [3.63, 3.8) is 0 Å². The number of carbonyl (C=O) groups excluding carboxylic acids is 2. The lowest BCUT2D eigenvalue weighted by atomic mass is 10.2. The first-order chi connectivity index (χ1) is 15.6. The molecule has 0 aliphatic carbocycles. The van der Waals surface area contributed by atoms with E-state index in [9.17, 15) is 14.4 Å². The summed E-state index contributed by atoms with van der Waals surface area (Å²) in [6, 6.07) is 15.9. The van der Waals surface area contributed by atoms with Crippen LogP contribution in [0.4, 0.5) is 11.4 Å². The standard InChI is InChI=1S/C23H17Cl3N2O4S/c1-12(21(29)28-15-5-9-19(25)18(11-15)23(31)32)33-16-6-3-14(4-7-16)27-22(30)17-8-2-13(24)10-20(17)26/h2-12H,1H3,(H,27,30)(H,28,29)(H,31,32). The minimum absolute atomic E-state index is 0.0905. The van der Waals surface area contributed by atoms with E-state index in [1.807, 2.05) is 0 Å². The monoisotopic (exact) mass is 522 g/mol. The molecule has 3 N–H and O–H groups in total. The fourth-order valence-electron chi connectivity index (χ4n) is 2.76. The molecule has 10 heteroatoms. The molecule has 33 heavy (non-hydrogen) atoms. The Labute approximate surface area is 209 Å². The Balaban J connectivity index is 1.60. The van der Waals surface area contributed by atoms with E-state index in [1.54, 1.807) is 43.3 Å². The molecular weight excluding hydrogens is 507 g/mol. The summed E-state index contributed by atoms with van der Waals surface area (Å²) in [4.78, 5) is 36.9. The van der Waals surface area contributed by atoms with Crippen molar-refractivity contribution < 1.29 is 19.5 Å². The second-order valence-electron chi connectivity index (χ2n) is 6.85. The Kier molecular flexibility index (Phi) is 8.26. The number of carbonyl (C=O) groups is 3. The zero-order chi connectivity index (χ0) is 24.1. The largest absolute Gasteiger partial charge is 0.478 e. The third kappa shape index (κ3) is 6.65. The van der Waals surface area contributed by atoms with Gasteiger partial charge in [0.15, 0.2) is 0 Å². The average Bonchev–Trinajstić information content (AvgIpc) is 2.76. The molecule has 3 aromatic carbocycles. The Hall–Kier alpha value is -2.71. The maximum Gasteiger partial charge on any atom is 0.337 e. The van der Waals surface area contributed by atoms with Gasteiger partial charge in [-0.25, -0.2) is 4.79 Å². The van der Waals surface area contributed by atoms with Crippen LogP contribution in [0.15, 0.2) is 65.6 Å². The molecular formula is C23H17Cl3N2O4S. The number of carboxylic acid groups (broad SMARTS) is 1. The summed E-state index contributed by atoms with van der Waals surface area (Å²) >= 11 is 19.1. The molecule has 0 fully saturated rings. The zero-order valence-corrected chi connectivity index (χ0v) is 20.1. The van der Waals surface area contributed by atoms with Gasteiger partial charge in [0, 0.05) is 21.3 Å². The van der Waals surface area contributed by atoms with Crippen molar-refractivity contribution in [3.05, 3.63) is 86.9 Å². The van der Waals surface area contributed by atoms with Crippen LogP contribution in [0.5, 0.6) is 0 Å². The van der Waals surface area contributed by atoms with E-state index in [1.165, 1.54) is 36.0 Å². The molecule has 0 radical (unpaired) electrons. The average molecular weight is 524 g/mol.